The topological polar surface area (TPSA) is 71.1 Å². The van der Waals surface area contributed by atoms with Crippen LogP contribution in [0.3, 0.4) is 0 Å². The lowest BCUT2D eigenvalue weighted by Gasteiger charge is -2.11. The van der Waals surface area contributed by atoms with E-state index in [0.29, 0.717) is 5.69 Å². The van der Waals surface area contributed by atoms with Crippen LogP contribution in [0.1, 0.15) is 22.3 Å². The van der Waals surface area contributed by atoms with Crippen molar-refractivity contribution in [3.8, 4) is 0 Å². The first-order chi connectivity index (χ1) is 12.7. The average molecular weight is 462 g/mol. The SMILES string of the molecule is Cc1ccc(Br)cc1NC(=O)CCNC(=O)c1cccnc1SC(F)(F)F. The first-order valence-electron chi connectivity index (χ1n) is 7.70. The number of halogens is 4. The number of hydrogen-bond acceptors (Lipinski definition) is 4. The second kappa shape index (κ2) is 9.23. The third-order valence-electron chi connectivity index (χ3n) is 3.34. The number of aryl methyl sites for hydroxylation is 1. The molecule has 0 saturated carbocycles. The quantitative estimate of drug-likeness (QED) is 0.620. The minimum atomic E-state index is -4.55. The zero-order chi connectivity index (χ0) is 20.0. The lowest BCUT2D eigenvalue weighted by molar-refractivity contribution is -0.116. The van der Waals surface area contributed by atoms with Gasteiger partial charge < -0.3 is 10.6 Å². The normalized spacial score (nSPS) is 11.1. The van der Waals surface area contributed by atoms with Gasteiger partial charge in [-0.3, -0.25) is 9.59 Å². The van der Waals surface area contributed by atoms with Crippen molar-refractivity contribution in [2.75, 3.05) is 11.9 Å². The van der Waals surface area contributed by atoms with E-state index in [1.807, 2.05) is 19.1 Å². The molecule has 0 unspecified atom stereocenters. The highest BCUT2D eigenvalue weighted by molar-refractivity contribution is 9.10. The fraction of sp³-hybridized carbons (Fsp3) is 0.235. The lowest BCUT2D eigenvalue weighted by Crippen LogP contribution is -2.28. The number of hydrogen-bond donors (Lipinski definition) is 2. The number of pyridine rings is 1. The van der Waals surface area contributed by atoms with Gasteiger partial charge in [0.05, 0.1) is 5.56 Å². The van der Waals surface area contributed by atoms with Crippen LogP contribution in [0, 0.1) is 6.92 Å². The number of aromatic nitrogens is 1. The lowest BCUT2D eigenvalue weighted by atomic mass is 10.2. The van der Waals surface area contributed by atoms with Crippen LogP contribution >= 0.6 is 27.7 Å². The maximum absolute atomic E-state index is 12.5. The number of amides is 2. The Morgan fingerprint density at radius 3 is 2.70 bits per heavy atom. The van der Waals surface area contributed by atoms with Gasteiger partial charge in [0.25, 0.3) is 5.91 Å². The van der Waals surface area contributed by atoms with Gasteiger partial charge in [-0.05, 0) is 36.8 Å². The minimum absolute atomic E-state index is 0.0251. The van der Waals surface area contributed by atoms with Crippen LogP contribution in [0.5, 0.6) is 0 Å². The molecule has 1 aromatic heterocycles. The van der Waals surface area contributed by atoms with Gasteiger partial charge in [0.1, 0.15) is 5.03 Å². The molecule has 10 heteroatoms. The summed E-state index contributed by atoms with van der Waals surface area (Å²) in [5.74, 6) is -1.05. The third-order valence-corrected chi connectivity index (χ3v) is 4.58. The molecule has 0 bridgehead atoms. The molecule has 0 aliphatic carbocycles. The Hall–Kier alpha value is -2.07. The van der Waals surface area contributed by atoms with Crippen LogP contribution < -0.4 is 10.6 Å². The van der Waals surface area contributed by atoms with E-state index in [1.165, 1.54) is 18.3 Å². The highest BCUT2D eigenvalue weighted by Crippen LogP contribution is 2.37. The van der Waals surface area contributed by atoms with Crippen LogP contribution in [0.15, 0.2) is 46.0 Å². The second-order valence-corrected chi connectivity index (χ2v) is 7.39. The molecule has 5 nitrogen and oxygen atoms in total. The molecular weight excluding hydrogens is 447 g/mol. The zero-order valence-corrected chi connectivity index (χ0v) is 16.5. The molecule has 2 rings (SSSR count). The van der Waals surface area contributed by atoms with Crippen LogP contribution in [0.25, 0.3) is 0 Å². The molecule has 144 valence electrons. The van der Waals surface area contributed by atoms with Gasteiger partial charge in [-0.25, -0.2) is 4.98 Å². The Morgan fingerprint density at radius 1 is 1.26 bits per heavy atom. The Labute approximate surface area is 166 Å². The van der Waals surface area contributed by atoms with Gasteiger partial charge in [0.2, 0.25) is 5.91 Å². The van der Waals surface area contributed by atoms with Crippen LogP contribution in [0.4, 0.5) is 18.9 Å². The van der Waals surface area contributed by atoms with Crippen molar-refractivity contribution < 1.29 is 22.8 Å². The van der Waals surface area contributed by atoms with E-state index >= 15 is 0 Å². The fourth-order valence-corrected chi connectivity index (χ4v) is 3.05. The van der Waals surface area contributed by atoms with E-state index in [1.54, 1.807) is 6.07 Å². The van der Waals surface area contributed by atoms with Gasteiger partial charge in [-0.15, -0.1) is 0 Å². The van der Waals surface area contributed by atoms with Gasteiger partial charge >= 0.3 is 5.51 Å². The third kappa shape index (κ3) is 6.87. The summed E-state index contributed by atoms with van der Waals surface area (Å²) >= 11 is 2.86. The van der Waals surface area contributed by atoms with E-state index in [4.69, 9.17) is 0 Å². The zero-order valence-electron chi connectivity index (χ0n) is 14.1. The molecule has 0 fully saturated rings. The number of carbonyl (C=O) groups excluding carboxylic acids is 2. The summed E-state index contributed by atoms with van der Waals surface area (Å²) in [6.07, 6.45) is 1.15. The highest BCUT2D eigenvalue weighted by atomic mass is 79.9. The first-order valence-corrected chi connectivity index (χ1v) is 9.31. The molecule has 1 heterocycles. The number of nitrogens with zero attached hydrogens (tertiary/aromatic N) is 1. The Balaban J connectivity index is 1.91. The minimum Gasteiger partial charge on any atom is -0.351 e. The van der Waals surface area contributed by atoms with Crippen molar-refractivity contribution in [3.05, 3.63) is 52.1 Å². The Bertz CT molecular complexity index is 846. The van der Waals surface area contributed by atoms with Crippen molar-refractivity contribution >= 4 is 45.2 Å². The number of benzene rings is 1. The number of thioether (sulfide) groups is 1. The molecular formula is C17H15BrF3N3O2S. The maximum Gasteiger partial charge on any atom is 0.447 e. The van der Waals surface area contributed by atoms with Crippen molar-refractivity contribution in [2.24, 2.45) is 0 Å². The van der Waals surface area contributed by atoms with Gasteiger partial charge in [0, 0.05) is 41.1 Å². The van der Waals surface area contributed by atoms with Crippen molar-refractivity contribution in [2.45, 2.75) is 23.9 Å². The summed E-state index contributed by atoms with van der Waals surface area (Å²) in [5.41, 5.74) is -3.23. The van der Waals surface area contributed by atoms with E-state index < -0.39 is 28.2 Å². The molecule has 0 aliphatic rings. The van der Waals surface area contributed by atoms with Gasteiger partial charge in [0.15, 0.2) is 0 Å². The average Bonchev–Trinajstić information content (AvgIpc) is 2.57. The Kier molecular flexibility index (Phi) is 7.25. The molecule has 2 amide bonds. The van der Waals surface area contributed by atoms with Gasteiger partial charge in [-0.1, -0.05) is 22.0 Å². The van der Waals surface area contributed by atoms with Crippen LogP contribution in [-0.4, -0.2) is 28.9 Å². The summed E-state index contributed by atoms with van der Waals surface area (Å²) < 4.78 is 38.4. The summed E-state index contributed by atoms with van der Waals surface area (Å²) in [5, 5.41) is 4.73. The summed E-state index contributed by atoms with van der Waals surface area (Å²) in [6.45, 7) is 1.81. The molecule has 27 heavy (non-hydrogen) atoms. The smallest absolute Gasteiger partial charge is 0.351 e. The number of rotatable bonds is 6. The van der Waals surface area contributed by atoms with Crippen LogP contribution in [-0.2, 0) is 4.79 Å². The molecule has 0 saturated heterocycles. The second-order valence-electron chi connectivity index (χ2n) is 5.42. The van der Waals surface area contributed by atoms with E-state index in [9.17, 15) is 22.8 Å². The van der Waals surface area contributed by atoms with E-state index in [0.717, 1.165) is 10.0 Å². The van der Waals surface area contributed by atoms with E-state index in [2.05, 4.69) is 31.5 Å². The number of carbonyl (C=O) groups is 2. The Morgan fingerprint density at radius 2 is 2.00 bits per heavy atom. The van der Waals surface area contributed by atoms with Crippen molar-refractivity contribution in [1.82, 2.24) is 10.3 Å². The molecule has 0 spiro atoms. The van der Waals surface area contributed by atoms with E-state index in [-0.39, 0.29) is 24.4 Å². The standard InChI is InChI=1S/C17H15BrF3N3O2S/c1-10-4-5-11(18)9-13(10)24-14(25)6-8-22-15(26)12-3-2-7-23-16(12)27-17(19,20)21/h2-5,7,9H,6,8H2,1H3,(H,22,26)(H,24,25). The first kappa shape index (κ1) is 21.2. The monoisotopic (exact) mass is 461 g/mol. The molecule has 0 radical (unpaired) electrons. The highest BCUT2D eigenvalue weighted by Gasteiger charge is 2.32. The summed E-state index contributed by atoms with van der Waals surface area (Å²) in [6, 6.07) is 8.06. The maximum atomic E-state index is 12.5. The number of alkyl halides is 3. The van der Waals surface area contributed by atoms with Crippen molar-refractivity contribution in [3.63, 3.8) is 0 Å². The fourth-order valence-electron chi connectivity index (χ4n) is 2.08. The largest absolute Gasteiger partial charge is 0.447 e. The van der Waals surface area contributed by atoms with Crippen LogP contribution in [0.2, 0.25) is 0 Å². The molecule has 0 aliphatic heterocycles. The predicted molar refractivity (Wildman–Crippen MR) is 101 cm³/mol. The summed E-state index contributed by atoms with van der Waals surface area (Å²) in [4.78, 5) is 27.7. The number of anilines is 1. The summed E-state index contributed by atoms with van der Waals surface area (Å²) in [7, 11) is 0. The predicted octanol–water partition coefficient (Wildman–Crippen LogP) is 4.52. The molecule has 0 atom stereocenters. The molecule has 2 N–H and O–H groups in total. The molecule has 1 aromatic carbocycles. The number of nitrogens with one attached hydrogen (secondary N) is 2. The molecule has 2 aromatic rings. The van der Waals surface area contributed by atoms with Crippen molar-refractivity contribution in [1.29, 1.82) is 0 Å². The van der Waals surface area contributed by atoms with Gasteiger partial charge in [-0.2, -0.15) is 13.2 Å².